The van der Waals surface area contributed by atoms with E-state index in [9.17, 15) is 0 Å². The second kappa shape index (κ2) is 7.54. The maximum Gasteiger partial charge on any atom is 0.0961 e. The van der Waals surface area contributed by atoms with Crippen molar-refractivity contribution in [1.29, 1.82) is 0 Å². The van der Waals surface area contributed by atoms with Gasteiger partial charge in [-0.2, -0.15) is 0 Å². The minimum absolute atomic E-state index is 0.569. The molecule has 0 atom stereocenters. The predicted molar refractivity (Wildman–Crippen MR) is 77.0 cm³/mol. The topological polar surface area (TPSA) is 17.8 Å². The van der Waals surface area contributed by atoms with Crippen molar-refractivity contribution >= 4 is 31.4 Å². The fourth-order valence-corrected chi connectivity index (χ4v) is 1.92. The average Bonchev–Trinajstić information content (AvgIpc) is 2.85. The monoisotopic (exact) mass is 336 g/mol. The van der Waals surface area contributed by atoms with Crippen LogP contribution in [0.5, 0.6) is 0 Å². The maximum atomic E-state index is 4.70. The summed E-state index contributed by atoms with van der Waals surface area (Å²) < 4.78 is 2.17. The number of imidazole rings is 1. The zero-order valence-corrected chi connectivity index (χ0v) is 12.4. The van der Waals surface area contributed by atoms with E-state index in [4.69, 9.17) is 20.4 Å². The van der Waals surface area contributed by atoms with Crippen LogP contribution in [0.15, 0.2) is 60.9 Å². The Bertz CT molecular complexity index is 625. The van der Waals surface area contributed by atoms with Gasteiger partial charge in [0, 0.05) is 6.54 Å². The number of fused-ring (bicyclic) bond motifs is 1. The summed E-state index contributed by atoms with van der Waals surface area (Å²) in [6.07, 6.45) is 1.90. The molecule has 102 valence electrons. The molecule has 0 amide bonds. The molecule has 1 aromatic heterocycles. The Labute approximate surface area is 126 Å². The molecule has 0 N–H and O–H groups in total. The van der Waals surface area contributed by atoms with E-state index < -0.39 is 0 Å². The summed E-state index contributed by atoms with van der Waals surface area (Å²) in [4.78, 5) is 4.38. The molecule has 2 nitrogen and oxygen atoms in total. The standard InChI is InChI=1S/C14H12N2.2ClH.Ni/c1-2-6-12(7-3-1)10-16-11-15-13-8-4-5-9-14(13)16;;;/h1-9,11H,10H2;2*1H;/q;;;+2/p-2. The second-order valence-electron chi connectivity index (χ2n) is 3.89. The summed E-state index contributed by atoms with van der Waals surface area (Å²) in [5.41, 5.74) is 3.54. The van der Waals surface area contributed by atoms with Gasteiger partial charge in [-0.25, -0.2) is 4.98 Å². The van der Waals surface area contributed by atoms with E-state index in [2.05, 4.69) is 39.9 Å². The Morgan fingerprint density at radius 3 is 2.32 bits per heavy atom. The van der Waals surface area contributed by atoms with Gasteiger partial charge in [0.15, 0.2) is 0 Å². The zero-order chi connectivity index (χ0) is 13.5. The molecule has 0 saturated carbocycles. The van der Waals surface area contributed by atoms with Crippen LogP contribution < -0.4 is 0 Å². The van der Waals surface area contributed by atoms with Crippen LogP contribution >= 0.6 is 20.4 Å². The van der Waals surface area contributed by atoms with E-state index in [1.165, 1.54) is 11.1 Å². The average molecular weight is 338 g/mol. The Kier molecular flexibility index (Phi) is 5.71. The molecule has 2 aromatic carbocycles. The molecule has 1 heterocycles. The van der Waals surface area contributed by atoms with Crippen molar-refractivity contribution in [3.05, 3.63) is 66.5 Å². The number of nitrogens with zero attached hydrogens (tertiary/aromatic N) is 2. The second-order valence-corrected chi connectivity index (χ2v) is 5.52. The minimum Gasteiger partial charge on any atom is -0.326 e. The number of para-hydroxylation sites is 2. The largest absolute Gasteiger partial charge is 0.326 e. The van der Waals surface area contributed by atoms with Gasteiger partial charge in [0.2, 0.25) is 0 Å². The molecule has 19 heavy (non-hydrogen) atoms. The summed E-state index contributed by atoms with van der Waals surface area (Å²) in [7, 11) is 9.40. The first-order chi connectivity index (χ1) is 9.35. The molecule has 3 rings (SSSR count). The molecule has 0 saturated heterocycles. The number of aromatic nitrogens is 2. The van der Waals surface area contributed by atoms with Gasteiger partial charge in [0.1, 0.15) is 0 Å². The number of halogens is 2. The molecule has 0 spiro atoms. The zero-order valence-electron chi connectivity index (χ0n) is 9.95. The molecule has 0 aliphatic rings. The van der Waals surface area contributed by atoms with Gasteiger partial charge in [-0.1, -0.05) is 42.5 Å². The van der Waals surface area contributed by atoms with E-state index in [1.807, 2.05) is 30.6 Å². The predicted octanol–water partition coefficient (Wildman–Crippen LogP) is 4.46. The van der Waals surface area contributed by atoms with Crippen molar-refractivity contribution in [1.82, 2.24) is 9.55 Å². The van der Waals surface area contributed by atoms with E-state index in [0.717, 1.165) is 12.1 Å². The van der Waals surface area contributed by atoms with Crippen molar-refractivity contribution < 1.29 is 12.7 Å². The molecular weight excluding hydrogens is 326 g/mol. The van der Waals surface area contributed by atoms with Gasteiger partial charge >= 0.3 is 33.0 Å². The Balaban J connectivity index is 0.000000408. The van der Waals surface area contributed by atoms with Gasteiger partial charge in [0.25, 0.3) is 0 Å². The quantitative estimate of drug-likeness (QED) is 0.631. The number of rotatable bonds is 2. The van der Waals surface area contributed by atoms with Crippen molar-refractivity contribution in [3.8, 4) is 0 Å². The van der Waals surface area contributed by atoms with E-state index in [0.29, 0.717) is 12.7 Å². The Morgan fingerprint density at radius 1 is 0.947 bits per heavy atom. The third-order valence-corrected chi connectivity index (χ3v) is 2.72. The summed E-state index contributed by atoms with van der Waals surface area (Å²) in [6, 6.07) is 18.6. The fourth-order valence-electron chi connectivity index (χ4n) is 1.92. The summed E-state index contributed by atoms with van der Waals surface area (Å²) in [5.74, 6) is 0. The van der Waals surface area contributed by atoms with Crippen LogP contribution in [0.3, 0.4) is 0 Å². The summed E-state index contributed by atoms with van der Waals surface area (Å²) in [6.45, 7) is 0.876. The number of hydrogen-bond acceptors (Lipinski definition) is 1. The van der Waals surface area contributed by atoms with Crippen molar-refractivity contribution in [2.45, 2.75) is 6.54 Å². The van der Waals surface area contributed by atoms with Crippen LogP contribution in [-0.2, 0) is 19.2 Å². The third kappa shape index (κ3) is 3.97. The summed E-state index contributed by atoms with van der Waals surface area (Å²) >= 11 is 0.569. The molecule has 0 aliphatic carbocycles. The van der Waals surface area contributed by atoms with Crippen molar-refractivity contribution in [3.63, 3.8) is 0 Å². The smallest absolute Gasteiger partial charge is 0.0961 e. The molecule has 0 fully saturated rings. The fraction of sp³-hybridized carbons (Fsp3) is 0.0714. The Hall–Kier alpha value is -1.02. The SMILES string of the molecule is [Cl][Ni][Cl].c1ccc(Cn2cnc3ccccc32)cc1. The molecule has 5 heteroatoms. The van der Waals surface area contributed by atoms with Crippen molar-refractivity contribution in [2.75, 3.05) is 0 Å². The first kappa shape index (κ1) is 14.4. The molecule has 0 radical (unpaired) electrons. The van der Waals surface area contributed by atoms with Gasteiger partial charge in [-0.3, -0.25) is 0 Å². The molecule has 0 aliphatic heterocycles. The molecule has 0 unspecified atom stereocenters. The molecule has 0 bridgehead atoms. The Morgan fingerprint density at radius 2 is 1.58 bits per heavy atom. The third-order valence-electron chi connectivity index (χ3n) is 2.72. The van der Waals surface area contributed by atoms with Crippen LogP contribution in [0.4, 0.5) is 0 Å². The molecule has 3 aromatic rings. The summed E-state index contributed by atoms with van der Waals surface area (Å²) in [5, 5.41) is 0. The van der Waals surface area contributed by atoms with E-state index in [-0.39, 0.29) is 0 Å². The van der Waals surface area contributed by atoms with Gasteiger partial charge < -0.3 is 4.57 Å². The van der Waals surface area contributed by atoms with Gasteiger partial charge in [-0.05, 0) is 17.7 Å². The number of benzene rings is 2. The van der Waals surface area contributed by atoms with Crippen LogP contribution in [-0.4, -0.2) is 9.55 Å². The number of hydrogen-bond donors (Lipinski definition) is 0. The first-order valence-corrected chi connectivity index (χ1v) is 8.33. The van der Waals surface area contributed by atoms with E-state index in [1.54, 1.807) is 0 Å². The van der Waals surface area contributed by atoms with E-state index >= 15 is 0 Å². The normalized spacial score (nSPS) is 10.2. The molecular formula is C14H12Cl2N2Ni. The van der Waals surface area contributed by atoms with Crippen molar-refractivity contribution in [2.24, 2.45) is 0 Å². The van der Waals surface area contributed by atoms with Gasteiger partial charge in [0.05, 0.1) is 17.4 Å². The van der Waals surface area contributed by atoms with Crippen LogP contribution in [0.1, 0.15) is 5.56 Å². The minimum atomic E-state index is 0.569. The van der Waals surface area contributed by atoms with Gasteiger partial charge in [-0.15, -0.1) is 0 Å². The van der Waals surface area contributed by atoms with Crippen LogP contribution in [0, 0.1) is 0 Å². The van der Waals surface area contributed by atoms with Crippen LogP contribution in [0.2, 0.25) is 0 Å². The van der Waals surface area contributed by atoms with Crippen LogP contribution in [0.25, 0.3) is 11.0 Å². The first-order valence-electron chi connectivity index (χ1n) is 5.61. The maximum absolute atomic E-state index is 4.70.